The maximum atomic E-state index is 11.4. The van der Waals surface area contributed by atoms with Crippen molar-refractivity contribution in [3.63, 3.8) is 0 Å². The fourth-order valence-electron chi connectivity index (χ4n) is 4.43. The number of hydrogen-bond acceptors (Lipinski definition) is 1. The average Bonchev–Trinajstić information content (AvgIpc) is 2.31. The highest BCUT2D eigenvalue weighted by Crippen LogP contribution is 2.57. The maximum Gasteiger partial charge on any atom is 0.309 e. The molecule has 2 nitrogen and oxygen atoms in total. The standard InChI is InChI=1S/C12H18O2/c13-11(14)12-2-1-8-3-9(6-12)5-10(4-8)7-12/h8-10H,1-7H2,(H,13,14)/t8?,9-,10+,12?. The summed E-state index contributed by atoms with van der Waals surface area (Å²) in [7, 11) is 0. The van der Waals surface area contributed by atoms with Crippen LogP contribution in [0.15, 0.2) is 0 Å². The van der Waals surface area contributed by atoms with E-state index in [9.17, 15) is 9.90 Å². The first-order chi connectivity index (χ1) is 6.68. The molecule has 4 aliphatic rings. The van der Waals surface area contributed by atoms with Crippen LogP contribution in [0.1, 0.15) is 44.9 Å². The molecular formula is C12H18O2. The van der Waals surface area contributed by atoms with Gasteiger partial charge in [-0.15, -0.1) is 0 Å². The fraction of sp³-hybridized carbons (Fsp3) is 0.917. The van der Waals surface area contributed by atoms with E-state index in [1.165, 1.54) is 25.7 Å². The van der Waals surface area contributed by atoms with Crippen LogP contribution >= 0.6 is 0 Å². The van der Waals surface area contributed by atoms with Crippen molar-refractivity contribution in [1.29, 1.82) is 0 Å². The molecule has 0 saturated heterocycles. The molecule has 0 heterocycles. The topological polar surface area (TPSA) is 37.3 Å². The summed E-state index contributed by atoms with van der Waals surface area (Å²) in [6.45, 7) is 0. The molecule has 4 aliphatic carbocycles. The number of hydrogen-bond donors (Lipinski definition) is 1. The SMILES string of the molecule is O=C(O)C12CCC3C[C@H](C[C@H](C3)C1)C2. The minimum atomic E-state index is -0.505. The van der Waals surface area contributed by atoms with E-state index in [0.717, 1.165) is 37.0 Å². The summed E-state index contributed by atoms with van der Waals surface area (Å²) in [5, 5.41) is 9.40. The fourth-order valence-corrected chi connectivity index (χ4v) is 4.43. The van der Waals surface area contributed by atoms with Crippen molar-refractivity contribution >= 4 is 5.97 Å². The number of carboxylic acid groups (broad SMARTS) is 1. The predicted octanol–water partition coefficient (Wildman–Crippen LogP) is 2.68. The van der Waals surface area contributed by atoms with Gasteiger partial charge in [-0.05, 0) is 62.7 Å². The molecule has 0 aliphatic heterocycles. The summed E-state index contributed by atoms with van der Waals surface area (Å²) in [6.07, 6.45) is 8.08. The van der Waals surface area contributed by atoms with Crippen LogP contribution in [0.5, 0.6) is 0 Å². The van der Waals surface area contributed by atoms with E-state index < -0.39 is 5.97 Å². The van der Waals surface area contributed by atoms with E-state index in [-0.39, 0.29) is 5.41 Å². The molecule has 4 saturated carbocycles. The van der Waals surface area contributed by atoms with Crippen molar-refractivity contribution in [1.82, 2.24) is 0 Å². The van der Waals surface area contributed by atoms with Crippen LogP contribution < -0.4 is 0 Å². The smallest absolute Gasteiger partial charge is 0.309 e. The largest absolute Gasteiger partial charge is 0.481 e. The number of carboxylic acids is 1. The summed E-state index contributed by atoms with van der Waals surface area (Å²) in [4.78, 5) is 11.4. The summed E-state index contributed by atoms with van der Waals surface area (Å²) in [6, 6.07) is 0. The number of fused-ring (bicyclic) bond motifs is 1. The van der Waals surface area contributed by atoms with Gasteiger partial charge in [-0.25, -0.2) is 0 Å². The minimum Gasteiger partial charge on any atom is -0.481 e. The summed E-state index contributed by atoms with van der Waals surface area (Å²) in [5.74, 6) is 1.84. The van der Waals surface area contributed by atoms with E-state index in [1.54, 1.807) is 0 Å². The predicted molar refractivity (Wildman–Crippen MR) is 52.9 cm³/mol. The maximum absolute atomic E-state index is 11.4. The molecule has 0 aromatic rings. The first-order valence-electron chi connectivity index (χ1n) is 5.91. The normalized spacial score (nSPS) is 50.4. The van der Waals surface area contributed by atoms with Gasteiger partial charge >= 0.3 is 5.97 Å². The lowest BCUT2D eigenvalue weighted by atomic mass is 9.61. The summed E-state index contributed by atoms with van der Waals surface area (Å²) >= 11 is 0. The second-order valence-electron chi connectivity index (χ2n) is 5.84. The monoisotopic (exact) mass is 194 g/mol. The van der Waals surface area contributed by atoms with Crippen LogP contribution in [0, 0.1) is 23.2 Å². The molecule has 4 fully saturated rings. The Balaban J connectivity index is 1.97. The Morgan fingerprint density at radius 3 is 2.21 bits per heavy atom. The van der Waals surface area contributed by atoms with Gasteiger partial charge in [0.25, 0.3) is 0 Å². The Bertz CT molecular complexity index is 257. The van der Waals surface area contributed by atoms with Gasteiger partial charge in [0.05, 0.1) is 5.41 Å². The quantitative estimate of drug-likeness (QED) is 0.696. The Kier molecular flexibility index (Phi) is 1.71. The molecule has 78 valence electrons. The van der Waals surface area contributed by atoms with Crippen molar-refractivity contribution < 1.29 is 9.90 Å². The van der Waals surface area contributed by atoms with Gasteiger partial charge in [0.2, 0.25) is 0 Å². The Hall–Kier alpha value is -0.530. The highest BCUT2D eigenvalue weighted by Gasteiger charge is 2.51. The number of rotatable bonds is 1. The second kappa shape index (κ2) is 2.74. The van der Waals surface area contributed by atoms with E-state index in [0.29, 0.717) is 0 Å². The average molecular weight is 194 g/mol. The van der Waals surface area contributed by atoms with Crippen LogP contribution in [-0.4, -0.2) is 11.1 Å². The molecule has 0 amide bonds. The summed E-state index contributed by atoms with van der Waals surface area (Å²) < 4.78 is 0. The zero-order valence-electron chi connectivity index (χ0n) is 8.54. The molecule has 0 aromatic heterocycles. The molecule has 2 heteroatoms. The van der Waals surface area contributed by atoms with Crippen molar-refractivity contribution in [2.75, 3.05) is 0 Å². The van der Waals surface area contributed by atoms with Crippen LogP contribution in [0.4, 0.5) is 0 Å². The van der Waals surface area contributed by atoms with Gasteiger partial charge in [-0.1, -0.05) is 0 Å². The van der Waals surface area contributed by atoms with Gasteiger partial charge in [-0.3, -0.25) is 4.79 Å². The van der Waals surface area contributed by atoms with E-state index in [4.69, 9.17) is 0 Å². The van der Waals surface area contributed by atoms with Crippen molar-refractivity contribution in [3.05, 3.63) is 0 Å². The molecule has 0 spiro atoms. The Morgan fingerprint density at radius 1 is 1.07 bits per heavy atom. The first-order valence-corrected chi connectivity index (χ1v) is 5.91. The van der Waals surface area contributed by atoms with Crippen LogP contribution in [0.25, 0.3) is 0 Å². The molecule has 2 unspecified atom stereocenters. The number of carbonyl (C=O) groups is 1. The van der Waals surface area contributed by atoms with Crippen molar-refractivity contribution in [2.24, 2.45) is 23.2 Å². The highest BCUT2D eigenvalue weighted by atomic mass is 16.4. The van der Waals surface area contributed by atoms with Crippen molar-refractivity contribution in [3.8, 4) is 0 Å². The lowest BCUT2D eigenvalue weighted by Gasteiger charge is -2.42. The molecule has 4 atom stereocenters. The third kappa shape index (κ3) is 1.12. The second-order valence-corrected chi connectivity index (χ2v) is 5.84. The first kappa shape index (κ1) is 8.75. The van der Waals surface area contributed by atoms with Gasteiger partial charge in [-0.2, -0.15) is 0 Å². The van der Waals surface area contributed by atoms with Gasteiger partial charge in [0.1, 0.15) is 0 Å². The van der Waals surface area contributed by atoms with E-state index >= 15 is 0 Å². The Morgan fingerprint density at radius 2 is 1.64 bits per heavy atom. The molecule has 4 bridgehead atoms. The zero-order valence-corrected chi connectivity index (χ0v) is 8.54. The van der Waals surface area contributed by atoms with Crippen LogP contribution in [-0.2, 0) is 4.79 Å². The zero-order chi connectivity index (χ0) is 9.76. The molecule has 0 aromatic carbocycles. The van der Waals surface area contributed by atoms with Crippen LogP contribution in [0.3, 0.4) is 0 Å². The third-order valence-corrected chi connectivity index (χ3v) is 4.84. The molecule has 1 N–H and O–H groups in total. The number of aliphatic carboxylic acids is 1. The van der Waals surface area contributed by atoms with Gasteiger partial charge in [0.15, 0.2) is 0 Å². The minimum absolute atomic E-state index is 0.307. The van der Waals surface area contributed by atoms with E-state index in [2.05, 4.69) is 0 Å². The third-order valence-electron chi connectivity index (χ3n) is 4.84. The van der Waals surface area contributed by atoms with Crippen LogP contribution in [0.2, 0.25) is 0 Å². The van der Waals surface area contributed by atoms with Crippen molar-refractivity contribution in [2.45, 2.75) is 44.9 Å². The lowest BCUT2D eigenvalue weighted by Crippen LogP contribution is -2.39. The molecule has 0 radical (unpaired) electrons. The molecule has 4 rings (SSSR count). The molecular weight excluding hydrogens is 176 g/mol. The highest BCUT2D eigenvalue weighted by molar-refractivity contribution is 5.75. The van der Waals surface area contributed by atoms with E-state index in [1.807, 2.05) is 0 Å². The summed E-state index contributed by atoms with van der Waals surface area (Å²) in [5.41, 5.74) is -0.307. The Labute approximate surface area is 84.7 Å². The van der Waals surface area contributed by atoms with Gasteiger partial charge in [0, 0.05) is 0 Å². The molecule has 14 heavy (non-hydrogen) atoms. The lowest BCUT2D eigenvalue weighted by molar-refractivity contribution is -0.153. The van der Waals surface area contributed by atoms with Gasteiger partial charge < -0.3 is 5.11 Å².